The third-order valence-electron chi connectivity index (χ3n) is 6.91. The van der Waals surface area contributed by atoms with Gasteiger partial charge in [0.15, 0.2) is 0 Å². The molecule has 1 nitrogen and oxygen atoms in total. The summed E-state index contributed by atoms with van der Waals surface area (Å²) in [6.07, 6.45) is 5.92. The summed E-state index contributed by atoms with van der Waals surface area (Å²) in [6.45, 7) is 9.85. The highest BCUT2D eigenvalue weighted by molar-refractivity contribution is 5.22. The minimum Gasteiger partial charge on any atom is -0.474 e. The Morgan fingerprint density at radius 2 is 1.82 bits per heavy atom. The van der Waals surface area contributed by atoms with Crippen molar-refractivity contribution in [2.24, 2.45) is 35.0 Å². The second-order valence-electron chi connectivity index (χ2n) is 7.79. The molecule has 0 aromatic heterocycles. The molecule has 17 heavy (non-hydrogen) atoms. The van der Waals surface area contributed by atoms with Crippen molar-refractivity contribution >= 4 is 0 Å². The highest BCUT2D eigenvalue weighted by atomic mass is 15.0. The Hall–Kier alpha value is -0.0400. The molecule has 1 spiro atoms. The molecule has 3 saturated carbocycles. The van der Waals surface area contributed by atoms with Crippen LogP contribution in [-0.2, 0) is 0 Å². The van der Waals surface area contributed by atoms with E-state index in [0.29, 0.717) is 5.54 Å². The van der Waals surface area contributed by atoms with Crippen LogP contribution in [0.3, 0.4) is 0 Å². The predicted octanol–water partition coefficient (Wildman–Crippen LogP) is 2.83. The van der Waals surface area contributed by atoms with E-state index in [1.54, 1.807) is 0 Å². The first-order chi connectivity index (χ1) is 7.95. The molecular formula is C16H29N. The van der Waals surface area contributed by atoms with E-state index in [-0.39, 0.29) is 0 Å². The fraction of sp³-hybridized carbons (Fsp3) is 0.938. The molecule has 0 amide bonds. The summed E-state index contributed by atoms with van der Waals surface area (Å²) in [5, 5.41) is 2.22. The molecule has 2 N–H and O–H groups in total. The van der Waals surface area contributed by atoms with Crippen LogP contribution in [0.4, 0.5) is 0 Å². The lowest BCUT2D eigenvalue weighted by molar-refractivity contribution is -0.679. The molecule has 3 aliphatic rings. The molecule has 0 aromatic carbocycles. The van der Waals surface area contributed by atoms with Gasteiger partial charge in [0, 0.05) is 5.92 Å². The molecule has 6 unspecified atom stereocenters. The van der Waals surface area contributed by atoms with Gasteiger partial charge in [0.05, 0.1) is 5.54 Å². The number of fused-ring (bicyclic) bond motifs is 1. The third-order valence-corrected chi connectivity index (χ3v) is 6.91. The van der Waals surface area contributed by atoms with Gasteiger partial charge in [0.1, 0.15) is 0 Å². The number of hydrogen-bond donors (Lipinski definition) is 1. The van der Waals surface area contributed by atoms with Crippen molar-refractivity contribution in [2.75, 3.05) is 0 Å². The van der Waals surface area contributed by atoms with E-state index in [4.69, 9.17) is 0 Å². The quantitative estimate of drug-likeness (QED) is 0.709. The Bertz CT molecular complexity index is 321. The lowest BCUT2D eigenvalue weighted by Crippen LogP contribution is -2.92. The van der Waals surface area contributed by atoms with Gasteiger partial charge in [-0.3, -0.25) is 0 Å². The minimum atomic E-state index is 0.349. The average molecular weight is 235 g/mol. The van der Waals surface area contributed by atoms with Crippen molar-refractivity contribution in [1.82, 2.24) is 0 Å². The van der Waals surface area contributed by atoms with Crippen molar-refractivity contribution < 1.29 is 5.32 Å². The van der Waals surface area contributed by atoms with Crippen LogP contribution in [-0.4, -0.2) is 5.54 Å². The molecule has 0 bridgehead atoms. The van der Waals surface area contributed by atoms with E-state index in [2.05, 4.69) is 40.1 Å². The van der Waals surface area contributed by atoms with Crippen molar-refractivity contribution in [3.63, 3.8) is 0 Å². The topological polar surface area (TPSA) is 16.6 Å². The number of rotatable bonds is 2. The lowest BCUT2D eigenvalue weighted by Gasteiger charge is -2.41. The van der Waals surface area contributed by atoms with Gasteiger partial charge >= 0.3 is 0 Å². The van der Waals surface area contributed by atoms with Crippen molar-refractivity contribution in [1.29, 1.82) is 0 Å². The monoisotopic (exact) mass is 235 g/mol. The molecule has 98 valence electrons. The molecule has 0 heterocycles. The fourth-order valence-electron chi connectivity index (χ4n) is 5.79. The Labute approximate surface area is 107 Å². The summed E-state index contributed by atoms with van der Waals surface area (Å²) in [6, 6.07) is 0. The van der Waals surface area contributed by atoms with E-state index >= 15 is 0 Å². The van der Waals surface area contributed by atoms with Crippen LogP contribution in [0, 0.1) is 42.1 Å². The van der Waals surface area contributed by atoms with Gasteiger partial charge < -0.3 is 5.32 Å². The van der Waals surface area contributed by atoms with Crippen LogP contribution in [0.25, 0.3) is 0 Å². The summed E-state index contributed by atoms with van der Waals surface area (Å²) >= 11 is 0. The zero-order valence-electron chi connectivity index (χ0n) is 12.0. The molecular weight excluding hydrogens is 206 g/mol. The first-order valence-corrected chi connectivity index (χ1v) is 7.58. The SMILES string of the molecule is [CH2-][NH2+]C(C)(C)C1CCC(C)C23CCC(C)C2C13. The molecule has 0 aromatic rings. The zero-order chi connectivity index (χ0) is 12.4. The maximum Gasteiger partial charge on any atom is 0.0697 e. The van der Waals surface area contributed by atoms with Crippen LogP contribution in [0.15, 0.2) is 0 Å². The summed E-state index contributed by atoms with van der Waals surface area (Å²) in [5.41, 5.74) is 1.12. The first kappa shape index (κ1) is 12.0. The van der Waals surface area contributed by atoms with Crippen molar-refractivity contribution in [3.05, 3.63) is 7.05 Å². The van der Waals surface area contributed by atoms with E-state index in [1.165, 1.54) is 25.7 Å². The fourth-order valence-corrected chi connectivity index (χ4v) is 5.79. The Morgan fingerprint density at radius 3 is 2.47 bits per heavy atom. The van der Waals surface area contributed by atoms with Crippen LogP contribution >= 0.6 is 0 Å². The van der Waals surface area contributed by atoms with Crippen LogP contribution in [0.1, 0.15) is 53.4 Å². The zero-order valence-corrected chi connectivity index (χ0v) is 12.0. The van der Waals surface area contributed by atoms with Crippen molar-refractivity contribution in [3.8, 4) is 0 Å². The highest BCUT2D eigenvalue weighted by Gasteiger charge is 2.75. The third kappa shape index (κ3) is 1.35. The smallest absolute Gasteiger partial charge is 0.0697 e. The molecule has 3 fully saturated rings. The van der Waals surface area contributed by atoms with E-state index in [9.17, 15) is 0 Å². The number of hydrogen-bond acceptors (Lipinski definition) is 0. The predicted molar refractivity (Wildman–Crippen MR) is 71.1 cm³/mol. The summed E-state index contributed by atoms with van der Waals surface area (Å²) in [5.74, 6) is 4.97. The lowest BCUT2D eigenvalue weighted by atomic mass is 9.67. The van der Waals surface area contributed by atoms with Gasteiger partial charge in [-0.15, -0.1) is 0 Å². The second-order valence-corrected chi connectivity index (χ2v) is 7.79. The van der Waals surface area contributed by atoms with Crippen molar-refractivity contribution in [2.45, 2.75) is 58.9 Å². The summed E-state index contributed by atoms with van der Waals surface area (Å²) in [7, 11) is 4.09. The second kappa shape index (κ2) is 3.50. The summed E-state index contributed by atoms with van der Waals surface area (Å²) in [4.78, 5) is 0. The van der Waals surface area contributed by atoms with Gasteiger partial charge in [-0.25, -0.2) is 0 Å². The van der Waals surface area contributed by atoms with Crippen LogP contribution in [0.5, 0.6) is 0 Å². The normalized spacial score (nSPS) is 53.1. The molecule has 3 aliphatic carbocycles. The van der Waals surface area contributed by atoms with Gasteiger partial charge in [-0.2, -0.15) is 7.05 Å². The minimum absolute atomic E-state index is 0.349. The number of quaternary nitrogens is 1. The molecule has 1 heteroatoms. The van der Waals surface area contributed by atoms with Crippen LogP contribution < -0.4 is 5.32 Å². The Morgan fingerprint density at radius 1 is 1.12 bits per heavy atom. The first-order valence-electron chi connectivity index (χ1n) is 7.58. The molecule has 0 saturated heterocycles. The largest absolute Gasteiger partial charge is 0.474 e. The maximum atomic E-state index is 4.09. The molecule has 3 rings (SSSR count). The molecule has 6 atom stereocenters. The van der Waals surface area contributed by atoms with E-state index in [0.717, 1.165) is 35.0 Å². The van der Waals surface area contributed by atoms with Crippen LogP contribution in [0.2, 0.25) is 0 Å². The van der Waals surface area contributed by atoms with E-state index < -0.39 is 0 Å². The Kier molecular flexibility index (Phi) is 2.47. The maximum absolute atomic E-state index is 4.09. The molecule has 0 radical (unpaired) electrons. The van der Waals surface area contributed by atoms with Gasteiger partial charge in [-0.05, 0) is 68.6 Å². The highest BCUT2D eigenvalue weighted by Crippen LogP contribution is 2.79. The summed E-state index contributed by atoms with van der Waals surface area (Å²) < 4.78 is 0. The van der Waals surface area contributed by atoms with Gasteiger partial charge in [0.2, 0.25) is 0 Å². The number of nitrogens with two attached hydrogens (primary N) is 1. The Balaban J connectivity index is 1.89. The van der Waals surface area contributed by atoms with Gasteiger partial charge in [-0.1, -0.05) is 13.8 Å². The van der Waals surface area contributed by atoms with Gasteiger partial charge in [0.25, 0.3) is 0 Å². The standard InChI is InChI=1S/C16H29N/c1-10-8-9-16-11(2)6-7-12(14(16)13(10)16)15(3,4)17-5/h10-14H,5-9,17H2,1-4H3. The molecule has 0 aliphatic heterocycles. The average Bonchev–Trinajstić information content (AvgIpc) is 2.86. The van der Waals surface area contributed by atoms with E-state index in [1.807, 2.05) is 0 Å².